The van der Waals surface area contributed by atoms with Gasteiger partial charge in [-0.25, -0.2) is 0 Å². The number of nitrogens with one attached hydrogen (secondary N) is 2. The summed E-state index contributed by atoms with van der Waals surface area (Å²) in [5, 5.41) is 27.1. The Bertz CT molecular complexity index is 1300. The Morgan fingerprint density at radius 2 is 1.34 bits per heavy atom. The van der Waals surface area contributed by atoms with Crippen molar-refractivity contribution in [1.82, 2.24) is 5.32 Å². The first-order chi connectivity index (χ1) is 22.7. The molecule has 0 aliphatic carbocycles. The number of ether oxygens (including phenoxy) is 4. The second kappa shape index (κ2) is 20.7. The third kappa shape index (κ3) is 14.0. The molecular formula is C37H53N3O7. The summed E-state index contributed by atoms with van der Waals surface area (Å²) in [6.07, 6.45) is 0.373. The number of rotatable bonds is 24. The van der Waals surface area contributed by atoms with Crippen molar-refractivity contribution in [2.45, 2.75) is 51.2 Å². The van der Waals surface area contributed by atoms with Crippen LogP contribution in [0.2, 0.25) is 0 Å². The number of hydrogen-bond acceptors (Lipinski definition) is 10. The van der Waals surface area contributed by atoms with Gasteiger partial charge in [-0.15, -0.1) is 0 Å². The number of carbonyl (C=O) groups excluding carboxylic acids is 1. The molecule has 0 saturated carbocycles. The van der Waals surface area contributed by atoms with Gasteiger partial charge in [0.25, 0.3) is 0 Å². The largest absolute Gasteiger partial charge is 0.491 e. The zero-order valence-electron chi connectivity index (χ0n) is 28.1. The van der Waals surface area contributed by atoms with Crippen LogP contribution in [0.3, 0.4) is 0 Å². The van der Waals surface area contributed by atoms with Crippen molar-refractivity contribution in [1.29, 1.82) is 0 Å². The lowest BCUT2D eigenvalue weighted by atomic mass is 9.78. The summed E-state index contributed by atoms with van der Waals surface area (Å²) in [6, 6.07) is 23.0. The number of hydrogen-bond donors (Lipinski definition) is 5. The minimum absolute atomic E-state index is 0.00272. The molecule has 258 valence electrons. The van der Waals surface area contributed by atoms with Gasteiger partial charge < -0.3 is 45.5 Å². The first-order valence-corrected chi connectivity index (χ1v) is 16.4. The number of anilines is 1. The molecular weight excluding hydrogens is 598 g/mol. The summed E-state index contributed by atoms with van der Waals surface area (Å²) in [6.45, 7) is 10.8. The Hall–Kier alpha value is -3.51. The molecule has 0 fully saturated rings. The number of carbonyl (C=O) groups is 1. The summed E-state index contributed by atoms with van der Waals surface area (Å²) < 4.78 is 22.6. The predicted molar refractivity (Wildman–Crippen MR) is 186 cm³/mol. The number of ketones is 1. The van der Waals surface area contributed by atoms with E-state index in [2.05, 4.69) is 24.5 Å². The van der Waals surface area contributed by atoms with Crippen LogP contribution in [-0.4, -0.2) is 94.0 Å². The van der Waals surface area contributed by atoms with Crippen molar-refractivity contribution < 1.29 is 34.0 Å². The standard InChI is InChI=1S/C37H53N3O7/c1-28(41)29-7-4-8-32(23-29)40-25-34(43)27-47-36-15-11-31(12-16-36)37(2,3)30-9-13-35(14-10-30)46-26-33(42)24-39-18-6-20-45-22-21-44-19-5-17-38/h4,7-16,23,33-34,39-40,42-43H,5-6,17-22,24-27,38H2,1-3H3. The van der Waals surface area contributed by atoms with Gasteiger partial charge in [0, 0.05) is 43.0 Å². The summed E-state index contributed by atoms with van der Waals surface area (Å²) in [7, 11) is 0. The third-order valence-electron chi connectivity index (χ3n) is 7.73. The fourth-order valence-corrected chi connectivity index (χ4v) is 4.76. The van der Waals surface area contributed by atoms with E-state index >= 15 is 0 Å². The first kappa shape index (κ1) is 37.9. The van der Waals surface area contributed by atoms with Gasteiger partial charge >= 0.3 is 0 Å². The Labute approximate surface area is 279 Å². The highest BCUT2D eigenvalue weighted by Gasteiger charge is 2.23. The van der Waals surface area contributed by atoms with Gasteiger partial charge in [0.2, 0.25) is 0 Å². The highest BCUT2D eigenvalue weighted by atomic mass is 16.5. The molecule has 6 N–H and O–H groups in total. The number of Topliss-reactive ketones (excluding diaryl/α,β-unsaturated/α-hetero) is 1. The van der Waals surface area contributed by atoms with E-state index in [1.54, 1.807) is 12.1 Å². The number of aliphatic hydroxyl groups excluding tert-OH is 2. The monoisotopic (exact) mass is 651 g/mol. The topological polar surface area (TPSA) is 145 Å². The van der Waals surface area contributed by atoms with Gasteiger partial charge in [-0.05, 0) is 80.4 Å². The smallest absolute Gasteiger partial charge is 0.159 e. The molecule has 0 radical (unpaired) electrons. The highest BCUT2D eigenvalue weighted by molar-refractivity contribution is 5.94. The minimum atomic E-state index is -0.724. The molecule has 0 aromatic heterocycles. The fraction of sp³-hybridized carbons (Fsp3) is 0.486. The predicted octanol–water partition coefficient (Wildman–Crippen LogP) is 4.17. The van der Waals surface area contributed by atoms with Crippen molar-refractivity contribution in [3.8, 4) is 11.5 Å². The van der Waals surface area contributed by atoms with Crippen molar-refractivity contribution in [2.24, 2.45) is 5.73 Å². The quantitative estimate of drug-likeness (QED) is 0.0707. The molecule has 0 aliphatic rings. The molecule has 3 aromatic carbocycles. The lowest BCUT2D eigenvalue weighted by molar-refractivity contribution is 0.0462. The highest BCUT2D eigenvalue weighted by Crippen LogP contribution is 2.33. The average Bonchev–Trinajstić information content (AvgIpc) is 3.08. The number of benzene rings is 3. The van der Waals surface area contributed by atoms with Crippen LogP contribution in [-0.2, 0) is 14.9 Å². The van der Waals surface area contributed by atoms with Crippen LogP contribution in [0.1, 0.15) is 55.1 Å². The first-order valence-electron chi connectivity index (χ1n) is 16.4. The molecule has 0 amide bonds. The molecule has 10 nitrogen and oxygen atoms in total. The summed E-state index contributed by atoms with van der Waals surface area (Å²) in [4.78, 5) is 11.6. The Morgan fingerprint density at radius 1 is 0.787 bits per heavy atom. The van der Waals surface area contributed by atoms with Gasteiger partial charge in [-0.2, -0.15) is 0 Å². The van der Waals surface area contributed by atoms with Crippen molar-refractivity contribution >= 4 is 11.5 Å². The van der Waals surface area contributed by atoms with Crippen molar-refractivity contribution in [3.63, 3.8) is 0 Å². The number of nitrogens with two attached hydrogens (primary N) is 1. The minimum Gasteiger partial charge on any atom is -0.491 e. The normalized spacial score (nSPS) is 12.8. The van der Waals surface area contributed by atoms with Gasteiger partial charge in [0.15, 0.2) is 5.78 Å². The van der Waals surface area contributed by atoms with Crippen LogP contribution in [0.4, 0.5) is 5.69 Å². The van der Waals surface area contributed by atoms with Crippen LogP contribution in [0.25, 0.3) is 0 Å². The van der Waals surface area contributed by atoms with Crippen LogP contribution in [0.5, 0.6) is 11.5 Å². The van der Waals surface area contributed by atoms with E-state index in [9.17, 15) is 15.0 Å². The Morgan fingerprint density at radius 3 is 1.89 bits per heavy atom. The van der Waals surface area contributed by atoms with Crippen LogP contribution < -0.4 is 25.8 Å². The van der Waals surface area contributed by atoms with Gasteiger partial charge in [-0.3, -0.25) is 4.79 Å². The fourth-order valence-electron chi connectivity index (χ4n) is 4.76. The lowest BCUT2D eigenvalue weighted by Crippen LogP contribution is -2.32. The van der Waals surface area contributed by atoms with E-state index in [0.29, 0.717) is 63.1 Å². The zero-order chi connectivity index (χ0) is 33.9. The van der Waals surface area contributed by atoms with Crippen LogP contribution in [0, 0.1) is 0 Å². The van der Waals surface area contributed by atoms with Gasteiger partial charge in [0.05, 0.1) is 13.2 Å². The van der Waals surface area contributed by atoms with E-state index in [-0.39, 0.29) is 24.4 Å². The number of aliphatic hydroxyl groups is 2. The zero-order valence-corrected chi connectivity index (χ0v) is 28.1. The maximum atomic E-state index is 11.6. The molecule has 3 rings (SSSR count). The van der Waals surface area contributed by atoms with Gasteiger partial charge in [0.1, 0.15) is 36.9 Å². The third-order valence-corrected chi connectivity index (χ3v) is 7.73. The average molecular weight is 652 g/mol. The molecule has 0 saturated heterocycles. The molecule has 0 spiro atoms. The molecule has 2 unspecified atom stereocenters. The Balaban J connectivity index is 1.34. The van der Waals surface area contributed by atoms with E-state index < -0.39 is 12.2 Å². The molecule has 10 heteroatoms. The molecule has 47 heavy (non-hydrogen) atoms. The van der Waals surface area contributed by atoms with Crippen molar-refractivity contribution in [3.05, 3.63) is 89.5 Å². The SMILES string of the molecule is CC(=O)c1cccc(NCC(O)COc2ccc(C(C)(C)c3ccc(OCC(O)CNCCCOCCOCCCN)cc3)cc2)c1. The van der Waals surface area contributed by atoms with E-state index in [4.69, 9.17) is 24.7 Å². The maximum absolute atomic E-state index is 11.6. The van der Waals surface area contributed by atoms with E-state index in [1.807, 2.05) is 60.7 Å². The van der Waals surface area contributed by atoms with Crippen LogP contribution >= 0.6 is 0 Å². The second-order valence-corrected chi connectivity index (χ2v) is 12.0. The molecule has 0 aliphatic heterocycles. The molecule has 0 bridgehead atoms. The van der Waals surface area contributed by atoms with E-state index in [1.165, 1.54) is 6.92 Å². The maximum Gasteiger partial charge on any atom is 0.159 e. The molecule has 0 heterocycles. The summed E-state index contributed by atoms with van der Waals surface area (Å²) in [5.74, 6) is 1.37. The second-order valence-electron chi connectivity index (χ2n) is 12.0. The molecule has 3 aromatic rings. The van der Waals surface area contributed by atoms with Gasteiger partial charge in [-0.1, -0.05) is 50.2 Å². The summed E-state index contributed by atoms with van der Waals surface area (Å²) in [5.41, 5.74) is 8.80. The van der Waals surface area contributed by atoms with Crippen LogP contribution in [0.15, 0.2) is 72.8 Å². The lowest BCUT2D eigenvalue weighted by Gasteiger charge is -2.26. The Kier molecular flexibility index (Phi) is 16.7. The van der Waals surface area contributed by atoms with E-state index in [0.717, 1.165) is 36.2 Å². The van der Waals surface area contributed by atoms with Crippen molar-refractivity contribution in [2.75, 3.05) is 71.1 Å². The summed E-state index contributed by atoms with van der Waals surface area (Å²) >= 11 is 0. The molecule has 2 atom stereocenters.